The molecule has 2 N–H and O–H groups in total. The minimum absolute atomic E-state index is 0.247. The van der Waals surface area contributed by atoms with Gasteiger partial charge in [0.1, 0.15) is 0 Å². The highest BCUT2D eigenvalue weighted by atomic mass is 16.2. The monoisotopic (exact) mass is 392 g/mol. The van der Waals surface area contributed by atoms with Crippen LogP contribution in [0.4, 0.5) is 5.69 Å². The summed E-state index contributed by atoms with van der Waals surface area (Å²) in [6.07, 6.45) is 0.792. The van der Waals surface area contributed by atoms with E-state index in [1.54, 1.807) is 11.1 Å². The molecule has 0 aliphatic carbocycles. The van der Waals surface area contributed by atoms with Gasteiger partial charge in [0.05, 0.1) is 23.6 Å². The highest BCUT2D eigenvalue weighted by molar-refractivity contribution is 6.20. The molecule has 30 heavy (non-hydrogen) atoms. The van der Waals surface area contributed by atoms with Crippen LogP contribution in [0.5, 0.6) is 0 Å². The van der Waals surface area contributed by atoms with E-state index in [1.165, 1.54) is 0 Å². The molecule has 4 aromatic rings. The molecule has 1 aliphatic rings. The molecule has 0 saturated carbocycles. The first kappa shape index (κ1) is 18.2. The first-order chi connectivity index (χ1) is 14.7. The normalized spacial score (nSPS) is 16.2. The molecule has 5 nitrogen and oxygen atoms in total. The summed E-state index contributed by atoms with van der Waals surface area (Å²) in [4.78, 5) is 24.2. The molecule has 2 heterocycles. The van der Waals surface area contributed by atoms with Crippen LogP contribution in [0.15, 0.2) is 96.1 Å². The summed E-state index contributed by atoms with van der Waals surface area (Å²) < 4.78 is 0. The Morgan fingerprint density at radius 1 is 0.867 bits per heavy atom. The number of benzene rings is 3. The Hall–Kier alpha value is -3.83. The Morgan fingerprint density at radius 3 is 2.47 bits per heavy atom. The molecule has 0 fully saturated rings. The fraction of sp³-hybridized carbons (Fsp3) is 0.0800. The number of para-hydroxylation sites is 1. The van der Waals surface area contributed by atoms with E-state index in [4.69, 9.17) is 5.73 Å². The van der Waals surface area contributed by atoms with Crippen molar-refractivity contribution >= 4 is 28.1 Å². The van der Waals surface area contributed by atoms with Crippen LogP contribution in [0, 0.1) is 0 Å². The molecule has 0 bridgehead atoms. The van der Waals surface area contributed by atoms with Crippen LogP contribution in [0.1, 0.15) is 16.8 Å². The second-order valence-corrected chi connectivity index (χ2v) is 7.21. The van der Waals surface area contributed by atoms with Gasteiger partial charge in [-0.15, -0.1) is 0 Å². The summed E-state index contributed by atoms with van der Waals surface area (Å²) in [7, 11) is 0. The number of benzodiazepines with no additional fused rings is 1. The summed E-state index contributed by atoms with van der Waals surface area (Å²) in [6, 6.07) is 27.6. The van der Waals surface area contributed by atoms with E-state index < -0.39 is 6.17 Å². The maximum Gasteiger partial charge on any atom is 0.266 e. The molecular formula is C25H20N4O. The lowest BCUT2D eigenvalue weighted by Crippen LogP contribution is -2.42. The summed E-state index contributed by atoms with van der Waals surface area (Å²) >= 11 is 0. The van der Waals surface area contributed by atoms with Crippen LogP contribution in [0.3, 0.4) is 0 Å². The van der Waals surface area contributed by atoms with Crippen molar-refractivity contribution in [1.29, 1.82) is 0 Å². The average Bonchev–Trinajstić information content (AvgIpc) is 2.90. The second kappa shape index (κ2) is 7.54. The number of pyridine rings is 1. The first-order valence-corrected chi connectivity index (χ1v) is 9.84. The van der Waals surface area contributed by atoms with Crippen molar-refractivity contribution in [3.63, 3.8) is 0 Å². The molecule has 0 spiro atoms. The highest BCUT2D eigenvalue weighted by Gasteiger charge is 2.30. The number of aliphatic imine (C=N–C) groups is 1. The minimum Gasteiger partial charge on any atom is -0.303 e. The zero-order valence-electron chi connectivity index (χ0n) is 16.3. The number of carbonyl (C=O) groups excluding carboxylic acids is 1. The summed E-state index contributed by atoms with van der Waals surface area (Å²) in [5.41, 5.74) is 10.4. The summed E-state index contributed by atoms with van der Waals surface area (Å²) in [5, 5.41) is 2.11. The van der Waals surface area contributed by atoms with Gasteiger partial charge in [0.25, 0.3) is 5.91 Å². The van der Waals surface area contributed by atoms with Crippen LogP contribution in [-0.4, -0.2) is 22.8 Å². The van der Waals surface area contributed by atoms with E-state index in [2.05, 4.69) is 9.98 Å². The lowest BCUT2D eigenvalue weighted by atomic mass is 10.00. The second-order valence-electron chi connectivity index (χ2n) is 7.21. The lowest BCUT2D eigenvalue weighted by Gasteiger charge is -2.24. The van der Waals surface area contributed by atoms with Gasteiger partial charge in [-0.2, -0.15) is 0 Å². The van der Waals surface area contributed by atoms with Crippen molar-refractivity contribution in [3.8, 4) is 0 Å². The van der Waals surface area contributed by atoms with Crippen LogP contribution >= 0.6 is 0 Å². The van der Waals surface area contributed by atoms with E-state index in [1.807, 2.05) is 84.9 Å². The molecule has 5 heteroatoms. The van der Waals surface area contributed by atoms with Gasteiger partial charge in [-0.3, -0.25) is 14.8 Å². The SMILES string of the molecule is N[C@H]1N=C(c2ccccc2)c2ccccc2N(Cc2nccc3ccccc23)C1=O. The lowest BCUT2D eigenvalue weighted by molar-refractivity contribution is -0.119. The van der Waals surface area contributed by atoms with Crippen molar-refractivity contribution in [3.05, 3.63) is 108 Å². The number of aromatic nitrogens is 1. The van der Waals surface area contributed by atoms with Gasteiger partial charge in [-0.05, 0) is 17.5 Å². The van der Waals surface area contributed by atoms with Crippen molar-refractivity contribution in [2.24, 2.45) is 10.7 Å². The Labute approximate surface area is 174 Å². The van der Waals surface area contributed by atoms with Gasteiger partial charge in [0.2, 0.25) is 0 Å². The largest absolute Gasteiger partial charge is 0.303 e. The van der Waals surface area contributed by atoms with Crippen LogP contribution in [0.2, 0.25) is 0 Å². The molecule has 0 saturated heterocycles. The predicted molar refractivity (Wildman–Crippen MR) is 119 cm³/mol. The maximum absolute atomic E-state index is 13.3. The Morgan fingerprint density at radius 2 is 1.60 bits per heavy atom. The van der Waals surface area contributed by atoms with Crippen molar-refractivity contribution in [2.75, 3.05) is 4.90 Å². The molecule has 5 rings (SSSR count). The number of anilines is 1. The topological polar surface area (TPSA) is 71.6 Å². The zero-order valence-corrected chi connectivity index (χ0v) is 16.3. The number of hydrogen-bond donors (Lipinski definition) is 1. The molecular weight excluding hydrogens is 372 g/mol. The first-order valence-electron chi connectivity index (χ1n) is 9.84. The van der Waals surface area contributed by atoms with E-state index >= 15 is 0 Å². The predicted octanol–water partition coefficient (Wildman–Crippen LogP) is 3.90. The zero-order chi connectivity index (χ0) is 20.5. The van der Waals surface area contributed by atoms with E-state index in [9.17, 15) is 4.79 Å². The molecule has 146 valence electrons. The number of fused-ring (bicyclic) bond motifs is 2. The third-order valence-corrected chi connectivity index (χ3v) is 5.35. The third kappa shape index (κ3) is 3.15. The van der Waals surface area contributed by atoms with Crippen molar-refractivity contribution < 1.29 is 4.79 Å². The molecule has 0 unspecified atom stereocenters. The van der Waals surface area contributed by atoms with Gasteiger partial charge in [0, 0.05) is 22.7 Å². The average molecular weight is 392 g/mol. The number of nitrogens with two attached hydrogens (primary N) is 1. The Kier molecular flexibility index (Phi) is 4.58. The summed E-state index contributed by atoms with van der Waals surface area (Å²) in [6.45, 7) is 0.322. The van der Waals surface area contributed by atoms with Crippen LogP contribution < -0.4 is 10.6 Å². The number of rotatable bonds is 3. The number of amides is 1. The van der Waals surface area contributed by atoms with Crippen molar-refractivity contribution in [2.45, 2.75) is 12.7 Å². The fourth-order valence-corrected chi connectivity index (χ4v) is 3.90. The quantitative estimate of drug-likeness (QED) is 0.575. The van der Waals surface area contributed by atoms with E-state index in [0.29, 0.717) is 6.54 Å². The molecule has 1 aromatic heterocycles. The highest BCUT2D eigenvalue weighted by Crippen LogP contribution is 2.30. The van der Waals surface area contributed by atoms with Crippen molar-refractivity contribution in [1.82, 2.24) is 4.98 Å². The number of hydrogen-bond acceptors (Lipinski definition) is 4. The van der Waals surface area contributed by atoms with Crippen LogP contribution in [0.25, 0.3) is 10.8 Å². The van der Waals surface area contributed by atoms with Gasteiger partial charge in [-0.25, -0.2) is 0 Å². The molecule has 1 amide bonds. The van der Waals surface area contributed by atoms with Gasteiger partial charge < -0.3 is 10.6 Å². The summed E-state index contributed by atoms with van der Waals surface area (Å²) in [5.74, 6) is -0.247. The minimum atomic E-state index is -0.984. The molecule has 0 radical (unpaired) electrons. The molecule has 3 aromatic carbocycles. The maximum atomic E-state index is 13.3. The standard InChI is InChI=1S/C25H20N4O/c26-24-25(30)29(16-21-19-11-5-4-8-17(19)14-15-27-21)22-13-7-6-12-20(22)23(28-24)18-9-2-1-3-10-18/h1-15,24H,16,26H2/t24-/m0/s1. The Balaban J connectivity index is 1.65. The fourth-order valence-electron chi connectivity index (χ4n) is 3.90. The van der Waals surface area contributed by atoms with E-state index in [0.717, 1.165) is 39.0 Å². The molecule has 1 aliphatic heterocycles. The van der Waals surface area contributed by atoms with E-state index in [-0.39, 0.29) is 5.91 Å². The number of nitrogens with zero attached hydrogens (tertiary/aromatic N) is 3. The van der Waals surface area contributed by atoms with Crippen LogP contribution in [-0.2, 0) is 11.3 Å². The van der Waals surface area contributed by atoms with Gasteiger partial charge in [-0.1, -0.05) is 72.8 Å². The van der Waals surface area contributed by atoms with Gasteiger partial charge in [0.15, 0.2) is 6.17 Å². The third-order valence-electron chi connectivity index (χ3n) is 5.35. The smallest absolute Gasteiger partial charge is 0.266 e. The Bertz CT molecular complexity index is 1260. The molecule has 1 atom stereocenters. The number of carbonyl (C=O) groups is 1. The van der Waals surface area contributed by atoms with Gasteiger partial charge >= 0.3 is 0 Å².